The summed E-state index contributed by atoms with van der Waals surface area (Å²) in [6.45, 7) is 3.95. The average molecular weight is 440 g/mol. The lowest BCUT2D eigenvalue weighted by molar-refractivity contribution is 0.0658. The molecular formula is C28H29N3O2. The Bertz CT molecular complexity index is 1190. The third-order valence-corrected chi connectivity index (χ3v) is 6.93. The molecule has 3 aromatic rings. The molecule has 5 heteroatoms. The zero-order chi connectivity index (χ0) is 22.9. The van der Waals surface area contributed by atoms with Crippen molar-refractivity contribution in [1.82, 2.24) is 9.80 Å². The van der Waals surface area contributed by atoms with Crippen molar-refractivity contribution < 1.29 is 9.59 Å². The van der Waals surface area contributed by atoms with Crippen LogP contribution in [0.1, 0.15) is 39.5 Å². The van der Waals surface area contributed by atoms with Gasteiger partial charge in [-0.05, 0) is 66.3 Å². The molecule has 0 bridgehead atoms. The fraction of sp³-hybridized carbons (Fsp3) is 0.286. The third-order valence-electron chi connectivity index (χ3n) is 6.93. The van der Waals surface area contributed by atoms with Crippen LogP contribution < -0.4 is 4.90 Å². The van der Waals surface area contributed by atoms with Gasteiger partial charge in [0.25, 0.3) is 5.91 Å². The number of benzene rings is 3. The van der Waals surface area contributed by atoms with Crippen LogP contribution in [0.2, 0.25) is 0 Å². The predicted molar refractivity (Wildman–Crippen MR) is 130 cm³/mol. The minimum Gasteiger partial charge on any atom is -0.331 e. The molecule has 5 nitrogen and oxygen atoms in total. The summed E-state index contributed by atoms with van der Waals surface area (Å²) in [4.78, 5) is 32.1. The topological polar surface area (TPSA) is 43.9 Å². The molecule has 0 aliphatic carbocycles. The fourth-order valence-corrected chi connectivity index (χ4v) is 4.94. The number of amides is 3. The van der Waals surface area contributed by atoms with Gasteiger partial charge in [0, 0.05) is 44.0 Å². The molecule has 3 amide bonds. The Labute approximate surface area is 195 Å². The molecule has 168 valence electrons. The van der Waals surface area contributed by atoms with Crippen molar-refractivity contribution in [3.8, 4) is 0 Å². The largest absolute Gasteiger partial charge is 0.331 e. The number of hydrogen-bond donors (Lipinski definition) is 0. The average Bonchev–Trinajstić information content (AvgIpc) is 2.86. The van der Waals surface area contributed by atoms with E-state index >= 15 is 0 Å². The van der Waals surface area contributed by atoms with E-state index in [1.165, 1.54) is 16.7 Å². The minimum absolute atomic E-state index is 0.0233. The molecule has 2 aliphatic rings. The standard InChI is InChI=1S/C28H29N3O2/c1-20-16-22-8-6-7-9-24(22)19-31(20)27(32)23-13-12-21-14-15-30(18-25(21)17-23)28(33)29(2)26-10-4-3-5-11-26/h3-13,17,20H,14-16,18-19H2,1-2H3/t20-/m1/s1. The van der Waals surface area contributed by atoms with Gasteiger partial charge in [0.2, 0.25) is 0 Å². The molecule has 3 aromatic carbocycles. The molecule has 0 aromatic heterocycles. The number of fused-ring (bicyclic) bond motifs is 2. The first-order valence-electron chi connectivity index (χ1n) is 11.6. The second-order valence-electron chi connectivity index (χ2n) is 9.09. The summed E-state index contributed by atoms with van der Waals surface area (Å²) in [5.74, 6) is 0.0599. The number of para-hydroxylation sites is 1. The van der Waals surface area contributed by atoms with E-state index in [0.717, 1.165) is 24.1 Å². The Morgan fingerprint density at radius 3 is 2.36 bits per heavy atom. The second-order valence-corrected chi connectivity index (χ2v) is 9.09. The van der Waals surface area contributed by atoms with E-state index in [1.54, 1.807) is 4.90 Å². The zero-order valence-corrected chi connectivity index (χ0v) is 19.2. The molecular weight excluding hydrogens is 410 g/mol. The van der Waals surface area contributed by atoms with E-state index in [-0.39, 0.29) is 18.0 Å². The van der Waals surface area contributed by atoms with E-state index in [0.29, 0.717) is 25.2 Å². The number of nitrogens with zero attached hydrogens (tertiary/aromatic N) is 3. The molecule has 0 spiro atoms. The second kappa shape index (κ2) is 8.74. The maximum absolute atomic E-state index is 13.5. The van der Waals surface area contributed by atoms with Crippen LogP contribution in [-0.4, -0.2) is 41.4 Å². The van der Waals surface area contributed by atoms with Gasteiger partial charge in [-0.2, -0.15) is 0 Å². The zero-order valence-electron chi connectivity index (χ0n) is 19.2. The van der Waals surface area contributed by atoms with E-state index in [2.05, 4.69) is 31.2 Å². The smallest absolute Gasteiger partial charge is 0.324 e. The van der Waals surface area contributed by atoms with E-state index < -0.39 is 0 Å². The maximum Gasteiger partial charge on any atom is 0.324 e. The normalized spacial score (nSPS) is 17.2. The molecule has 5 rings (SSSR count). The highest BCUT2D eigenvalue weighted by Gasteiger charge is 2.29. The van der Waals surface area contributed by atoms with Crippen LogP contribution >= 0.6 is 0 Å². The van der Waals surface area contributed by atoms with Crippen molar-refractivity contribution in [2.24, 2.45) is 0 Å². The van der Waals surface area contributed by atoms with Crippen LogP contribution in [0.5, 0.6) is 0 Å². The van der Waals surface area contributed by atoms with Gasteiger partial charge >= 0.3 is 6.03 Å². The number of carbonyl (C=O) groups excluding carboxylic acids is 2. The summed E-state index contributed by atoms with van der Waals surface area (Å²) in [5, 5.41) is 0. The Morgan fingerprint density at radius 2 is 1.58 bits per heavy atom. The van der Waals surface area contributed by atoms with Crippen molar-refractivity contribution in [3.63, 3.8) is 0 Å². The summed E-state index contributed by atoms with van der Waals surface area (Å²) in [6, 6.07) is 24.2. The molecule has 2 heterocycles. The van der Waals surface area contributed by atoms with Crippen LogP contribution in [0.25, 0.3) is 0 Å². The Kier molecular flexibility index (Phi) is 5.63. The number of carbonyl (C=O) groups is 2. The van der Waals surface area contributed by atoms with Crippen molar-refractivity contribution in [1.29, 1.82) is 0 Å². The summed E-state index contributed by atoms with van der Waals surface area (Å²) in [5.41, 5.74) is 6.41. The number of hydrogen-bond acceptors (Lipinski definition) is 2. The molecule has 0 saturated heterocycles. The van der Waals surface area contributed by atoms with Crippen molar-refractivity contribution in [2.75, 3.05) is 18.5 Å². The lowest BCUT2D eigenvalue weighted by Crippen LogP contribution is -2.44. The minimum atomic E-state index is -0.0233. The number of anilines is 1. The summed E-state index contributed by atoms with van der Waals surface area (Å²) >= 11 is 0. The first-order valence-corrected chi connectivity index (χ1v) is 11.6. The maximum atomic E-state index is 13.5. The molecule has 2 aliphatic heterocycles. The van der Waals surface area contributed by atoms with Gasteiger partial charge in [-0.3, -0.25) is 9.69 Å². The quantitative estimate of drug-likeness (QED) is 0.571. The Balaban J connectivity index is 1.34. The monoisotopic (exact) mass is 439 g/mol. The van der Waals surface area contributed by atoms with Gasteiger partial charge < -0.3 is 9.80 Å². The summed E-state index contributed by atoms with van der Waals surface area (Å²) in [7, 11) is 1.81. The van der Waals surface area contributed by atoms with Gasteiger partial charge in [-0.1, -0.05) is 48.5 Å². The van der Waals surface area contributed by atoms with Crippen molar-refractivity contribution in [3.05, 3.63) is 101 Å². The summed E-state index contributed by atoms with van der Waals surface area (Å²) < 4.78 is 0. The molecule has 0 radical (unpaired) electrons. The van der Waals surface area contributed by atoms with Gasteiger partial charge in [0.1, 0.15) is 0 Å². The highest BCUT2D eigenvalue weighted by atomic mass is 16.2. The molecule has 0 unspecified atom stereocenters. The van der Waals surface area contributed by atoms with Crippen LogP contribution in [-0.2, 0) is 25.9 Å². The van der Waals surface area contributed by atoms with Crippen molar-refractivity contribution in [2.45, 2.75) is 38.9 Å². The van der Waals surface area contributed by atoms with E-state index in [4.69, 9.17) is 0 Å². The number of rotatable bonds is 2. The first kappa shape index (κ1) is 21.3. The number of urea groups is 1. The van der Waals surface area contributed by atoms with Gasteiger partial charge in [-0.15, -0.1) is 0 Å². The van der Waals surface area contributed by atoms with Crippen molar-refractivity contribution >= 4 is 17.6 Å². The fourth-order valence-electron chi connectivity index (χ4n) is 4.94. The Morgan fingerprint density at radius 1 is 0.848 bits per heavy atom. The van der Waals surface area contributed by atoms with Gasteiger partial charge in [0.15, 0.2) is 0 Å². The summed E-state index contributed by atoms with van der Waals surface area (Å²) in [6.07, 6.45) is 1.67. The molecule has 0 saturated carbocycles. The predicted octanol–water partition coefficient (Wildman–Crippen LogP) is 4.89. The molecule has 33 heavy (non-hydrogen) atoms. The SMILES string of the molecule is C[C@@H]1Cc2ccccc2CN1C(=O)c1ccc2c(c1)CN(C(=O)N(C)c1ccccc1)CC2. The van der Waals surface area contributed by atoms with Gasteiger partial charge in [0.05, 0.1) is 0 Å². The highest BCUT2D eigenvalue weighted by molar-refractivity contribution is 5.95. The molecule has 0 fully saturated rings. The molecule has 1 atom stereocenters. The van der Waals surface area contributed by atoms with Gasteiger partial charge in [-0.25, -0.2) is 4.79 Å². The lowest BCUT2D eigenvalue weighted by atomic mass is 9.93. The van der Waals surface area contributed by atoms with Crippen LogP contribution in [0.15, 0.2) is 72.8 Å². The van der Waals surface area contributed by atoms with Crippen LogP contribution in [0.4, 0.5) is 10.5 Å². The molecule has 0 N–H and O–H groups in total. The van der Waals surface area contributed by atoms with E-state index in [9.17, 15) is 9.59 Å². The van der Waals surface area contributed by atoms with E-state index in [1.807, 2.05) is 65.4 Å². The van der Waals surface area contributed by atoms with Crippen LogP contribution in [0, 0.1) is 0 Å². The highest BCUT2D eigenvalue weighted by Crippen LogP contribution is 2.27. The van der Waals surface area contributed by atoms with Crippen LogP contribution in [0.3, 0.4) is 0 Å². The first-order chi connectivity index (χ1) is 16.0. The lowest BCUT2D eigenvalue weighted by Gasteiger charge is -2.35. The third kappa shape index (κ3) is 4.11. The Hall–Kier alpha value is -3.60.